The molecule has 10 heteroatoms. The van der Waals surface area contributed by atoms with Gasteiger partial charge in [0.25, 0.3) is 15.9 Å². The van der Waals surface area contributed by atoms with Crippen LogP contribution in [0.2, 0.25) is 0 Å². The molecule has 4 rings (SSSR count). The fraction of sp³-hybridized carbons (Fsp3) is 0.105. The van der Waals surface area contributed by atoms with E-state index in [9.17, 15) is 13.2 Å². The van der Waals surface area contributed by atoms with Crippen LogP contribution in [0, 0.1) is 13.8 Å². The van der Waals surface area contributed by atoms with Gasteiger partial charge in [-0.25, -0.2) is 18.4 Å². The number of hydrogen-bond donors (Lipinski definition) is 2. The number of aryl methyl sites for hydroxylation is 2. The maximum Gasteiger partial charge on any atom is 0.269 e. The summed E-state index contributed by atoms with van der Waals surface area (Å²) >= 11 is 2.37. The number of benzene rings is 2. The van der Waals surface area contributed by atoms with Crippen LogP contribution in [0.25, 0.3) is 10.2 Å². The molecule has 4 aromatic rings. The lowest BCUT2D eigenvalue weighted by Crippen LogP contribution is -2.12. The monoisotopic (exact) mass is 444 g/mol. The number of carbonyl (C=O) groups excluding carboxylic acids is 1. The number of carbonyl (C=O) groups is 1. The van der Waals surface area contributed by atoms with Gasteiger partial charge < -0.3 is 0 Å². The Hall–Kier alpha value is -2.82. The van der Waals surface area contributed by atoms with Crippen LogP contribution < -0.4 is 10.0 Å². The van der Waals surface area contributed by atoms with Gasteiger partial charge in [0.1, 0.15) is 4.88 Å². The quantitative estimate of drug-likeness (QED) is 0.474. The van der Waals surface area contributed by atoms with Crippen molar-refractivity contribution in [2.24, 2.45) is 0 Å². The van der Waals surface area contributed by atoms with Gasteiger partial charge >= 0.3 is 0 Å². The molecule has 0 spiro atoms. The van der Waals surface area contributed by atoms with E-state index in [0.29, 0.717) is 15.7 Å². The summed E-state index contributed by atoms with van der Waals surface area (Å²) in [6.45, 7) is 3.66. The number of nitrogens with zero attached hydrogens (tertiary/aromatic N) is 2. The molecule has 0 fully saturated rings. The Balaban J connectivity index is 1.54. The molecule has 0 saturated heterocycles. The maximum absolute atomic E-state index is 12.7. The molecule has 29 heavy (non-hydrogen) atoms. The first-order chi connectivity index (χ1) is 13.8. The predicted octanol–water partition coefficient (Wildman–Crippen LogP) is 4.42. The first-order valence-electron chi connectivity index (χ1n) is 8.56. The summed E-state index contributed by atoms with van der Waals surface area (Å²) in [6, 6.07) is 13.9. The Morgan fingerprint density at radius 1 is 0.966 bits per heavy atom. The summed E-state index contributed by atoms with van der Waals surface area (Å²) in [7, 11) is -3.77. The van der Waals surface area contributed by atoms with Gasteiger partial charge in [-0.3, -0.25) is 14.8 Å². The fourth-order valence-electron chi connectivity index (χ4n) is 2.66. The Morgan fingerprint density at radius 2 is 1.72 bits per heavy atom. The molecule has 1 amide bonds. The molecule has 0 aliphatic rings. The molecule has 2 aromatic heterocycles. The van der Waals surface area contributed by atoms with Crippen LogP contribution >= 0.6 is 22.7 Å². The van der Waals surface area contributed by atoms with Crippen molar-refractivity contribution in [3.05, 3.63) is 64.7 Å². The second-order valence-corrected chi connectivity index (χ2v) is 10.0. The van der Waals surface area contributed by atoms with Gasteiger partial charge in [0.2, 0.25) is 0 Å². The number of anilines is 2. The summed E-state index contributed by atoms with van der Waals surface area (Å²) in [5.74, 6) is -0.374. The van der Waals surface area contributed by atoms with E-state index in [0.717, 1.165) is 27.1 Å². The number of nitrogens with one attached hydrogen (secondary N) is 2. The number of hydrogen-bond acceptors (Lipinski definition) is 7. The van der Waals surface area contributed by atoms with Gasteiger partial charge in [-0.2, -0.15) is 0 Å². The van der Waals surface area contributed by atoms with E-state index in [2.05, 4.69) is 20.0 Å². The third-order valence-electron chi connectivity index (χ3n) is 4.04. The normalized spacial score (nSPS) is 11.5. The second kappa shape index (κ2) is 7.54. The summed E-state index contributed by atoms with van der Waals surface area (Å²) in [5.41, 5.74) is 2.37. The lowest BCUT2D eigenvalue weighted by Gasteiger charge is -2.04. The van der Waals surface area contributed by atoms with Crippen molar-refractivity contribution in [1.29, 1.82) is 0 Å². The largest absolute Gasteiger partial charge is 0.297 e. The van der Waals surface area contributed by atoms with Crippen molar-refractivity contribution in [3.63, 3.8) is 0 Å². The number of fused-ring (bicyclic) bond motifs is 1. The molecule has 0 unspecified atom stereocenters. The van der Waals surface area contributed by atoms with Gasteiger partial charge in [0, 0.05) is 0 Å². The summed E-state index contributed by atoms with van der Waals surface area (Å²) in [5, 5.41) is 3.39. The lowest BCUT2D eigenvalue weighted by atomic mass is 10.2. The molecule has 2 aromatic carbocycles. The van der Waals surface area contributed by atoms with Crippen molar-refractivity contribution in [1.82, 2.24) is 9.97 Å². The molecule has 0 aliphatic carbocycles. The number of thiazole rings is 2. The van der Waals surface area contributed by atoms with Crippen LogP contribution in [-0.4, -0.2) is 24.3 Å². The van der Waals surface area contributed by atoms with E-state index >= 15 is 0 Å². The zero-order chi connectivity index (χ0) is 20.6. The first-order valence-corrected chi connectivity index (χ1v) is 11.7. The molecule has 0 saturated carbocycles. The van der Waals surface area contributed by atoms with E-state index in [4.69, 9.17) is 0 Å². The van der Waals surface area contributed by atoms with E-state index in [-0.39, 0.29) is 15.9 Å². The Morgan fingerprint density at radius 3 is 2.48 bits per heavy atom. The van der Waals surface area contributed by atoms with E-state index in [1.54, 1.807) is 25.1 Å². The average Bonchev–Trinajstić information content (AvgIpc) is 3.24. The molecule has 2 N–H and O–H groups in total. The molecule has 7 nitrogen and oxygen atoms in total. The number of sulfonamides is 1. The minimum absolute atomic E-state index is 0.128. The minimum Gasteiger partial charge on any atom is -0.297 e. The van der Waals surface area contributed by atoms with Crippen LogP contribution in [0.5, 0.6) is 0 Å². The number of amides is 1. The summed E-state index contributed by atoms with van der Waals surface area (Å²) < 4.78 is 28.3. The Kier molecular flexibility index (Phi) is 5.07. The minimum atomic E-state index is -3.77. The summed E-state index contributed by atoms with van der Waals surface area (Å²) in [4.78, 5) is 21.7. The van der Waals surface area contributed by atoms with Crippen molar-refractivity contribution in [2.75, 3.05) is 10.0 Å². The van der Waals surface area contributed by atoms with Crippen LogP contribution in [0.3, 0.4) is 0 Å². The maximum atomic E-state index is 12.7. The number of rotatable bonds is 5. The third kappa shape index (κ3) is 4.14. The van der Waals surface area contributed by atoms with Crippen LogP contribution in [-0.2, 0) is 10.0 Å². The third-order valence-corrected chi connectivity index (χ3v) is 7.53. The fourth-order valence-corrected chi connectivity index (χ4v) is 5.74. The second-order valence-electron chi connectivity index (χ2n) is 6.30. The molecule has 2 heterocycles. The van der Waals surface area contributed by atoms with Crippen LogP contribution in [0.15, 0.2) is 53.4 Å². The molecule has 0 aliphatic heterocycles. The molecule has 0 bridgehead atoms. The van der Waals surface area contributed by atoms with Gasteiger partial charge in [0.05, 0.1) is 20.8 Å². The smallest absolute Gasteiger partial charge is 0.269 e. The van der Waals surface area contributed by atoms with Gasteiger partial charge in [-0.05, 0) is 43.7 Å². The molecule has 0 radical (unpaired) electrons. The Bertz CT molecular complexity index is 1310. The van der Waals surface area contributed by atoms with Gasteiger partial charge in [0.15, 0.2) is 10.3 Å². The zero-order valence-electron chi connectivity index (χ0n) is 15.5. The van der Waals surface area contributed by atoms with Crippen LogP contribution in [0.4, 0.5) is 10.3 Å². The van der Waals surface area contributed by atoms with Crippen molar-refractivity contribution in [3.8, 4) is 0 Å². The van der Waals surface area contributed by atoms with E-state index < -0.39 is 10.0 Å². The number of aromatic nitrogens is 2. The van der Waals surface area contributed by atoms with Crippen LogP contribution in [0.1, 0.15) is 20.9 Å². The van der Waals surface area contributed by atoms with E-state index in [1.807, 2.05) is 25.1 Å². The van der Waals surface area contributed by atoms with Crippen molar-refractivity contribution in [2.45, 2.75) is 18.7 Å². The summed E-state index contributed by atoms with van der Waals surface area (Å²) in [6.07, 6.45) is 0. The molecular weight excluding hydrogens is 428 g/mol. The van der Waals surface area contributed by atoms with E-state index in [1.165, 1.54) is 23.5 Å². The molecular formula is C19H16N4O3S3. The highest BCUT2D eigenvalue weighted by Gasteiger charge is 2.21. The Labute approximate surface area is 175 Å². The highest BCUT2D eigenvalue weighted by Crippen LogP contribution is 2.29. The molecule has 0 atom stereocenters. The highest BCUT2D eigenvalue weighted by atomic mass is 32.2. The SMILES string of the molecule is Cc1ccc2nc(NC(=O)c3sc(NS(=O)(=O)c4ccccc4)nc3C)sc2c1. The molecule has 148 valence electrons. The topological polar surface area (TPSA) is 101 Å². The van der Waals surface area contributed by atoms with Gasteiger partial charge in [-0.1, -0.05) is 46.9 Å². The van der Waals surface area contributed by atoms with Crippen molar-refractivity contribution >= 4 is 59.1 Å². The first kappa shape index (κ1) is 19.5. The predicted molar refractivity (Wildman–Crippen MR) is 116 cm³/mol. The zero-order valence-corrected chi connectivity index (χ0v) is 17.9. The standard InChI is InChI=1S/C19H16N4O3S3/c1-11-8-9-14-15(10-11)27-18(21-14)22-17(24)16-12(2)20-19(28-16)23-29(25,26)13-6-4-3-5-7-13/h3-10H,1-2H3,(H,20,23)(H,21,22,24). The van der Waals surface area contributed by atoms with Crippen molar-refractivity contribution < 1.29 is 13.2 Å². The van der Waals surface area contributed by atoms with Gasteiger partial charge in [-0.15, -0.1) is 0 Å². The highest BCUT2D eigenvalue weighted by molar-refractivity contribution is 7.93. The average molecular weight is 445 g/mol. The lowest BCUT2D eigenvalue weighted by molar-refractivity contribution is 0.103.